The van der Waals surface area contributed by atoms with Crippen LogP contribution in [0, 0.1) is 5.82 Å². The second-order valence-electron chi connectivity index (χ2n) is 8.66. The van der Waals surface area contributed by atoms with Gasteiger partial charge in [0, 0.05) is 44.8 Å². The lowest BCUT2D eigenvalue weighted by molar-refractivity contribution is -0.137. The number of nitrogens with zero attached hydrogens (tertiary/aromatic N) is 5. The minimum atomic E-state index is -0.718. The van der Waals surface area contributed by atoms with Gasteiger partial charge in [-0.15, -0.1) is 0 Å². The van der Waals surface area contributed by atoms with Crippen LogP contribution in [0.4, 0.5) is 10.1 Å². The van der Waals surface area contributed by atoms with Crippen molar-refractivity contribution >= 4 is 17.6 Å². The van der Waals surface area contributed by atoms with Gasteiger partial charge >= 0.3 is 11.9 Å². The first-order chi connectivity index (χ1) is 18.0. The first-order valence-electron chi connectivity index (χ1n) is 12.6. The second-order valence-corrected chi connectivity index (χ2v) is 8.66. The fraction of sp³-hybridized carbons (Fsp3) is 0.407. The minimum Gasteiger partial charge on any atom is -0.459 e. The number of likely N-dealkylation sites (N-methyl/N-ethyl adjacent to an activating group) is 1. The van der Waals surface area contributed by atoms with E-state index in [4.69, 9.17) is 9.26 Å². The van der Waals surface area contributed by atoms with Gasteiger partial charge in [0.15, 0.2) is 0 Å². The molecule has 2 heterocycles. The van der Waals surface area contributed by atoms with Crippen molar-refractivity contribution in [2.24, 2.45) is 0 Å². The van der Waals surface area contributed by atoms with E-state index in [2.05, 4.69) is 15.0 Å². The predicted octanol–water partition coefficient (Wildman–Crippen LogP) is 3.78. The largest absolute Gasteiger partial charge is 0.459 e. The fourth-order valence-electron chi connectivity index (χ4n) is 4.59. The predicted molar refractivity (Wildman–Crippen MR) is 137 cm³/mol. The molecule has 4 rings (SSSR count). The molecule has 196 valence electrons. The topological polar surface area (TPSA) is 92.0 Å². The highest BCUT2D eigenvalue weighted by molar-refractivity contribution is 5.84. The van der Waals surface area contributed by atoms with Gasteiger partial charge in [0.25, 0.3) is 0 Å². The maximum atomic E-state index is 15.2. The van der Waals surface area contributed by atoms with Crippen molar-refractivity contribution in [3.8, 4) is 11.4 Å². The lowest BCUT2D eigenvalue weighted by Gasteiger charge is -2.41. The number of rotatable bonds is 9. The Morgan fingerprint density at radius 2 is 1.76 bits per heavy atom. The molecule has 1 aliphatic heterocycles. The number of aromatic nitrogens is 2. The van der Waals surface area contributed by atoms with E-state index in [-0.39, 0.29) is 30.3 Å². The van der Waals surface area contributed by atoms with E-state index in [1.54, 1.807) is 19.1 Å². The molecule has 1 aromatic heterocycles. The number of esters is 1. The molecule has 1 amide bonds. The van der Waals surface area contributed by atoms with E-state index >= 15 is 4.39 Å². The number of carbonyl (C=O) groups excluding carboxylic acids is 2. The van der Waals surface area contributed by atoms with Gasteiger partial charge in [-0.25, -0.2) is 9.18 Å². The third-order valence-corrected chi connectivity index (χ3v) is 6.53. The van der Waals surface area contributed by atoms with Gasteiger partial charge in [-0.2, -0.15) is 4.98 Å². The molecule has 0 N–H and O–H groups in total. The van der Waals surface area contributed by atoms with Crippen LogP contribution >= 0.6 is 0 Å². The van der Waals surface area contributed by atoms with Crippen LogP contribution < -0.4 is 4.90 Å². The van der Waals surface area contributed by atoms with Crippen molar-refractivity contribution in [1.29, 1.82) is 0 Å². The zero-order chi connectivity index (χ0) is 26.4. The summed E-state index contributed by atoms with van der Waals surface area (Å²) in [6, 6.07) is 14.1. The Labute approximate surface area is 215 Å². The summed E-state index contributed by atoms with van der Waals surface area (Å²) < 4.78 is 24.9. The van der Waals surface area contributed by atoms with Crippen molar-refractivity contribution in [3.63, 3.8) is 0 Å². The molecule has 37 heavy (non-hydrogen) atoms. The molecule has 1 aliphatic rings. The number of halogens is 1. The normalized spacial score (nSPS) is 14.9. The maximum absolute atomic E-state index is 15.2. The zero-order valence-corrected chi connectivity index (χ0v) is 21.4. The van der Waals surface area contributed by atoms with Crippen molar-refractivity contribution < 1.29 is 23.2 Å². The quantitative estimate of drug-likeness (QED) is 0.403. The number of benzene rings is 2. The maximum Gasteiger partial charge on any atom is 0.397 e. The third-order valence-electron chi connectivity index (χ3n) is 6.53. The molecule has 1 atom stereocenters. The van der Waals surface area contributed by atoms with Crippen LogP contribution in [0.2, 0.25) is 0 Å². The molecule has 3 aromatic rings. The molecule has 0 saturated carbocycles. The van der Waals surface area contributed by atoms with Crippen LogP contribution in [0.5, 0.6) is 0 Å². The third kappa shape index (κ3) is 5.80. The number of piperazine rings is 1. The average Bonchev–Trinajstić information content (AvgIpc) is 3.42. The van der Waals surface area contributed by atoms with Gasteiger partial charge in [-0.3, -0.25) is 9.69 Å². The summed E-state index contributed by atoms with van der Waals surface area (Å²) in [6.45, 7) is 9.50. The standard InChI is InChI=1S/C27H32FN5O4/c1-4-31(5-2)26(34)23(19-10-8-7-9-11-19)33-16-14-32(15-17-33)22-13-12-20(18-21(22)28)24-29-25(37-30-24)27(35)36-6-3/h7-13,18,23H,4-6,14-17H2,1-3H3. The van der Waals surface area contributed by atoms with Crippen molar-refractivity contribution in [2.75, 3.05) is 50.8 Å². The van der Waals surface area contributed by atoms with Crippen LogP contribution in [0.25, 0.3) is 11.4 Å². The highest BCUT2D eigenvalue weighted by atomic mass is 19.1. The number of amides is 1. The van der Waals surface area contributed by atoms with Crippen LogP contribution in [-0.2, 0) is 9.53 Å². The smallest absolute Gasteiger partial charge is 0.397 e. The zero-order valence-electron chi connectivity index (χ0n) is 21.4. The van der Waals surface area contributed by atoms with Gasteiger partial charge in [-0.05, 0) is 44.5 Å². The first-order valence-corrected chi connectivity index (χ1v) is 12.6. The van der Waals surface area contributed by atoms with Crippen LogP contribution in [0.3, 0.4) is 0 Å². The summed E-state index contributed by atoms with van der Waals surface area (Å²) in [5, 5.41) is 3.77. The summed E-state index contributed by atoms with van der Waals surface area (Å²) in [4.78, 5) is 35.2. The summed E-state index contributed by atoms with van der Waals surface area (Å²) in [7, 11) is 0. The van der Waals surface area contributed by atoms with Crippen LogP contribution in [0.1, 0.15) is 43.1 Å². The number of carbonyl (C=O) groups is 2. The van der Waals surface area contributed by atoms with Crippen molar-refractivity contribution in [1.82, 2.24) is 19.9 Å². The molecule has 0 spiro atoms. The Balaban J connectivity index is 1.47. The van der Waals surface area contributed by atoms with E-state index in [0.717, 1.165) is 5.56 Å². The Kier molecular flexibility index (Phi) is 8.50. The molecular formula is C27H32FN5O4. The molecule has 1 fully saturated rings. The van der Waals surface area contributed by atoms with Crippen LogP contribution in [-0.4, -0.2) is 77.7 Å². The summed E-state index contributed by atoms with van der Waals surface area (Å²) in [5.74, 6) is -1.22. The Bertz CT molecular complexity index is 1210. The van der Waals surface area contributed by atoms with Crippen molar-refractivity contribution in [3.05, 3.63) is 65.8 Å². The fourth-order valence-corrected chi connectivity index (χ4v) is 4.59. The van der Waals surface area contributed by atoms with E-state index < -0.39 is 11.8 Å². The highest BCUT2D eigenvalue weighted by Gasteiger charge is 2.33. The number of hydrogen-bond donors (Lipinski definition) is 0. The average molecular weight is 510 g/mol. The summed E-state index contributed by atoms with van der Waals surface area (Å²) in [6.07, 6.45) is 0. The molecule has 10 heteroatoms. The molecule has 0 aliphatic carbocycles. The van der Waals surface area contributed by atoms with Crippen LogP contribution in [0.15, 0.2) is 53.1 Å². The highest BCUT2D eigenvalue weighted by Crippen LogP contribution is 2.29. The van der Waals surface area contributed by atoms with Gasteiger partial charge in [0.05, 0.1) is 12.3 Å². The molecular weight excluding hydrogens is 477 g/mol. The van der Waals surface area contributed by atoms with Gasteiger partial charge in [-0.1, -0.05) is 35.5 Å². The molecule has 1 unspecified atom stereocenters. The Morgan fingerprint density at radius 3 is 2.38 bits per heavy atom. The Hall–Kier alpha value is -3.79. The first kappa shape index (κ1) is 26.3. The molecule has 1 saturated heterocycles. The molecule has 2 aromatic carbocycles. The van der Waals surface area contributed by atoms with Gasteiger partial charge in [0.1, 0.15) is 11.9 Å². The lowest BCUT2D eigenvalue weighted by atomic mass is 10.0. The number of ether oxygens (including phenoxy) is 1. The Morgan fingerprint density at radius 1 is 1.05 bits per heavy atom. The molecule has 9 nitrogen and oxygen atoms in total. The van der Waals surface area contributed by atoms with E-state index in [0.29, 0.717) is 50.5 Å². The molecule has 0 radical (unpaired) electrons. The SMILES string of the molecule is CCOC(=O)c1nc(-c2ccc(N3CCN(C(C(=O)N(CC)CC)c4ccccc4)CC3)c(F)c2)no1. The van der Waals surface area contributed by atoms with E-state index in [9.17, 15) is 9.59 Å². The lowest BCUT2D eigenvalue weighted by Crippen LogP contribution is -2.51. The second kappa shape index (κ2) is 12.0. The van der Waals surface area contributed by atoms with E-state index in [1.165, 1.54) is 6.07 Å². The summed E-state index contributed by atoms with van der Waals surface area (Å²) >= 11 is 0. The molecule has 0 bridgehead atoms. The van der Waals surface area contributed by atoms with Gasteiger partial charge in [0.2, 0.25) is 11.7 Å². The number of hydrogen-bond acceptors (Lipinski definition) is 8. The monoisotopic (exact) mass is 509 g/mol. The minimum absolute atomic E-state index is 0.0856. The van der Waals surface area contributed by atoms with Crippen molar-refractivity contribution in [2.45, 2.75) is 26.8 Å². The van der Waals surface area contributed by atoms with Gasteiger partial charge < -0.3 is 19.1 Å². The summed E-state index contributed by atoms with van der Waals surface area (Å²) in [5.41, 5.74) is 1.82. The number of anilines is 1. The van der Waals surface area contributed by atoms with E-state index in [1.807, 2.05) is 54.0 Å².